The number of rotatable bonds is 5. The van der Waals surface area contributed by atoms with Crippen LogP contribution < -0.4 is 11.1 Å². The molecular weight excluding hydrogens is 260 g/mol. The molecule has 2 aromatic carbocycles. The van der Waals surface area contributed by atoms with Crippen LogP contribution in [0.1, 0.15) is 19.4 Å². The molecule has 0 radical (unpaired) electrons. The number of carbonyl (C=O) groups is 1. The molecular formula is C18H22N2O. The number of hydrogen-bond acceptors (Lipinski definition) is 2. The summed E-state index contributed by atoms with van der Waals surface area (Å²) in [4.78, 5) is 11.8. The first-order chi connectivity index (χ1) is 10.1. The van der Waals surface area contributed by atoms with Gasteiger partial charge >= 0.3 is 0 Å². The molecule has 0 bridgehead atoms. The molecule has 1 unspecified atom stereocenters. The highest BCUT2D eigenvalue weighted by Gasteiger charge is 2.14. The lowest BCUT2D eigenvalue weighted by molar-refractivity contribution is -0.122. The summed E-state index contributed by atoms with van der Waals surface area (Å²) >= 11 is 0. The first-order valence-electron chi connectivity index (χ1n) is 7.26. The van der Waals surface area contributed by atoms with Gasteiger partial charge in [0, 0.05) is 6.04 Å². The van der Waals surface area contributed by atoms with Crippen LogP contribution in [-0.2, 0) is 11.2 Å². The predicted molar refractivity (Wildman–Crippen MR) is 86.8 cm³/mol. The molecule has 1 atom stereocenters. The van der Waals surface area contributed by atoms with E-state index in [2.05, 4.69) is 29.6 Å². The van der Waals surface area contributed by atoms with Crippen molar-refractivity contribution in [2.24, 2.45) is 5.73 Å². The van der Waals surface area contributed by atoms with E-state index in [9.17, 15) is 4.79 Å². The van der Waals surface area contributed by atoms with Crippen molar-refractivity contribution < 1.29 is 4.79 Å². The molecule has 0 aliphatic rings. The maximum atomic E-state index is 11.8. The number of nitrogens with two attached hydrogens (primary N) is 1. The zero-order valence-electron chi connectivity index (χ0n) is 12.5. The van der Waals surface area contributed by atoms with Gasteiger partial charge < -0.3 is 11.1 Å². The van der Waals surface area contributed by atoms with Gasteiger partial charge in [-0.2, -0.15) is 0 Å². The van der Waals surface area contributed by atoms with E-state index in [4.69, 9.17) is 5.73 Å². The van der Waals surface area contributed by atoms with Gasteiger partial charge in [-0.3, -0.25) is 4.79 Å². The van der Waals surface area contributed by atoms with Crippen molar-refractivity contribution in [3.8, 4) is 11.1 Å². The fourth-order valence-electron chi connectivity index (χ4n) is 2.20. The Balaban J connectivity index is 2.01. The van der Waals surface area contributed by atoms with Gasteiger partial charge in [-0.15, -0.1) is 0 Å². The normalized spacial score (nSPS) is 12.2. The summed E-state index contributed by atoms with van der Waals surface area (Å²) in [5.41, 5.74) is 9.36. The van der Waals surface area contributed by atoms with Gasteiger partial charge in [0.05, 0.1) is 6.04 Å². The topological polar surface area (TPSA) is 55.1 Å². The second-order valence-corrected chi connectivity index (χ2v) is 5.54. The van der Waals surface area contributed by atoms with Crippen molar-refractivity contribution in [2.45, 2.75) is 32.4 Å². The fraction of sp³-hybridized carbons (Fsp3) is 0.278. The molecule has 3 N–H and O–H groups in total. The van der Waals surface area contributed by atoms with Crippen molar-refractivity contribution in [2.75, 3.05) is 0 Å². The van der Waals surface area contributed by atoms with Gasteiger partial charge in [-0.05, 0) is 37.0 Å². The summed E-state index contributed by atoms with van der Waals surface area (Å²) in [5.74, 6) is -0.0999. The Labute approximate surface area is 126 Å². The third-order valence-electron chi connectivity index (χ3n) is 3.28. The minimum absolute atomic E-state index is 0.0999. The first-order valence-corrected chi connectivity index (χ1v) is 7.26. The van der Waals surface area contributed by atoms with Gasteiger partial charge in [-0.25, -0.2) is 0 Å². The molecule has 0 saturated carbocycles. The van der Waals surface area contributed by atoms with Crippen molar-refractivity contribution >= 4 is 5.91 Å². The average molecular weight is 282 g/mol. The maximum Gasteiger partial charge on any atom is 0.237 e. The summed E-state index contributed by atoms with van der Waals surface area (Å²) < 4.78 is 0. The molecule has 3 nitrogen and oxygen atoms in total. The number of nitrogens with one attached hydrogen (secondary N) is 1. The molecule has 1 amide bonds. The van der Waals surface area contributed by atoms with Crippen molar-refractivity contribution in [1.29, 1.82) is 0 Å². The van der Waals surface area contributed by atoms with Crippen LogP contribution in [0.2, 0.25) is 0 Å². The molecule has 0 aliphatic carbocycles. The van der Waals surface area contributed by atoms with E-state index >= 15 is 0 Å². The third kappa shape index (κ3) is 4.43. The summed E-state index contributed by atoms with van der Waals surface area (Å²) in [6.07, 6.45) is 0.549. The molecule has 0 aliphatic heterocycles. The quantitative estimate of drug-likeness (QED) is 0.886. The third-order valence-corrected chi connectivity index (χ3v) is 3.28. The minimum atomic E-state index is -0.505. The Hall–Kier alpha value is -2.13. The van der Waals surface area contributed by atoms with Crippen molar-refractivity contribution in [3.63, 3.8) is 0 Å². The van der Waals surface area contributed by atoms with Gasteiger partial charge in [0.25, 0.3) is 0 Å². The van der Waals surface area contributed by atoms with Gasteiger partial charge in [-0.1, -0.05) is 54.6 Å². The van der Waals surface area contributed by atoms with E-state index in [-0.39, 0.29) is 11.9 Å². The fourth-order valence-corrected chi connectivity index (χ4v) is 2.20. The Morgan fingerprint density at radius 1 is 1.00 bits per heavy atom. The zero-order chi connectivity index (χ0) is 15.2. The van der Waals surface area contributed by atoms with E-state index in [1.807, 2.05) is 44.2 Å². The van der Waals surface area contributed by atoms with Gasteiger partial charge in [0.1, 0.15) is 0 Å². The Morgan fingerprint density at radius 2 is 1.57 bits per heavy atom. The first kappa shape index (κ1) is 15.3. The van der Waals surface area contributed by atoms with Crippen LogP contribution in [0.25, 0.3) is 11.1 Å². The van der Waals surface area contributed by atoms with Crippen LogP contribution >= 0.6 is 0 Å². The Kier molecular flexibility index (Phi) is 5.12. The summed E-state index contributed by atoms with van der Waals surface area (Å²) in [6, 6.07) is 18.0. The molecule has 0 saturated heterocycles. The van der Waals surface area contributed by atoms with Crippen LogP contribution in [0.4, 0.5) is 0 Å². The molecule has 0 spiro atoms. The zero-order valence-corrected chi connectivity index (χ0v) is 12.5. The lowest BCUT2D eigenvalue weighted by atomic mass is 10.0. The Morgan fingerprint density at radius 3 is 2.14 bits per heavy atom. The van der Waals surface area contributed by atoms with Gasteiger partial charge in [0.15, 0.2) is 0 Å². The number of hydrogen-bond donors (Lipinski definition) is 2. The van der Waals surface area contributed by atoms with E-state index in [0.29, 0.717) is 6.42 Å². The smallest absolute Gasteiger partial charge is 0.237 e. The second-order valence-electron chi connectivity index (χ2n) is 5.54. The lowest BCUT2D eigenvalue weighted by Gasteiger charge is -2.14. The second kappa shape index (κ2) is 7.04. The molecule has 2 aromatic rings. The van der Waals surface area contributed by atoms with Crippen molar-refractivity contribution in [3.05, 3.63) is 60.2 Å². The molecule has 0 heterocycles. The molecule has 3 heteroatoms. The molecule has 2 rings (SSSR count). The highest BCUT2D eigenvalue weighted by molar-refractivity contribution is 5.82. The maximum absolute atomic E-state index is 11.8. The van der Waals surface area contributed by atoms with Crippen LogP contribution in [0.3, 0.4) is 0 Å². The molecule has 110 valence electrons. The Bertz CT molecular complexity index is 576. The summed E-state index contributed by atoms with van der Waals surface area (Å²) in [6.45, 7) is 3.86. The average Bonchev–Trinajstić information content (AvgIpc) is 2.48. The molecule has 0 aromatic heterocycles. The highest BCUT2D eigenvalue weighted by Crippen LogP contribution is 2.19. The van der Waals surface area contributed by atoms with Crippen LogP contribution in [0.5, 0.6) is 0 Å². The molecule has 21 heavy (non-hydrogen) atoms. The number of amides is 1. The van der Waals surface area contributed by atoms with E-state index < -0.39 is 6.04 Å². The van der Waals surface area contributed by atoms with E-state index in [1.165, 1.54) is 11.1 Å². The van der Waals surface area contributed by atoms with E-state index in [1.54, 1.807) is 0 Å². The van der Waals surface area contributed by atoms with Crippen LogP contribution in [-0.4, -0.2) is 18.0 Å². The molecule has 0 fully saturated rings. The van der Waals surface area contributed by atoms with E-state index in [0.717, 1.165) is 5.56 Å². The lowest BCUT2D eigenvalue weighted by Crippen LogP contribution is -2.44. The standard InChI is InChI=1S/C18H22N2O/c1-13(2)20-18(21)17(19)12-14-8-10-16(11-9-14)15-6-4-3-5-7-15/h3-11,13,17H,12,19H2,1-2H3,(H,20,21). The largest absolute Gasteiger partial charge is 0.353 e. The SMILES string of the molecule is CC(C)NC(=O)C(N)Cc1ccc(-c2ccccc2)cc1. The van der Waals surface area contributed by atoms with Crippen LogP contribution in [0.15, 0.2) is 54.6 Å². The monoisotopic (exact) mass is 282 g/mol. The summed E-state index contributed by atoms with van der Waals surface area (Å²) in [7, 11) is 0. The van der Waals surface area contributed by atoms with Gasteiger partial charge in [0.2, 0.25) is 5.91 Å². The number of carbonyl (C=O) groups excluding carboxylic acids is 1. The summed E-state index contributed by atoms with van der Waals surface area (Å²) in [5, 5.41) is 2.84. The number of benzene rings is 2. The van der Waals surface area contributed by atoms with Crippen molar-refractivity contribution in [1.82, 2.24) is 5.32 Å². The minimum Gasteiger partial charge on any atom is -0.353 e. The highest BCUT2D eigenvalue weighted by atomic mass is 16.2. The predicted octanol–water partition coefficient (Wildman–Crippen LogP) is 2.75. The van der Waals surface area contributed by atoms with Crippen LogP contribution in [0, 0.1) is 0 Å².